The molecule has 0 radical (unpaired) electrons. The van der Waals surface area contributed by atoms with Crippen molar-refractivity contribution in [2.24, 2.45) is 0 Å². The second-order valence-electron chi connectivity index (χ2n) is 2.30. The van der Waals surface area contributed by atoms with Crippen molar-refractivity contribution in [1.29, 1.82) is 0 Å². The molecule has 13 heavy (non-hydrogen) atoms. The van der Waals surface area contributed by atoms with Gasteiger partial charge in [0, 0.05) is 6.07 Å². The fourth-order valence-electron chi connectivity index (χ4n) is 0.849. The number of methoxy groups -OCH3 is 1. The summed E-state index contributed by atoms with van der Waals surface area (Å²) < 4.78 is 4.83. The van der Waals surface area contributed by atoms with Crippen LogP contribution in [0.3, 0.4) is 0 Å². The zero-order chi connectivity index (χ0) is 10.0. The predicted molar refractivity (Wildman–Crippen MR) is 47.5 cm³/mol. The summed E-state index contributed by atoms with van der Waals surface area (Å²) in [5.74, 6) is -0.235. The van der Waals surface area contributed by atoms with Gasteiger partial charge < -0.3 is 4.74 Å². The van der Waals surface area contributed by atoms with Gasteiger partial charge in [-0.05, 0) is 18.3 Å². The number of rotatable bonds is 3. The lowest BCUT2D eigenvalue weighted by Gasteiger charge is -1.94. The molecule has 1 rings (SSSR count). The van der Waals surface area contributed by atoms with Gasteiger partial charge in [-0.25, -0.2) is 0 Å². The monoisotopic (exact) mass is 201 g/mol. The molecule has 0 aliphatic rings. The lowest BCUT2D eigenvalue weighted by Crippen LogP contribution is -1.92. The van der Waals surface area contributed by atoms with E-state index in [1.807, 2.05) is 0 Å². The van der Waals surface area contributed by atoms with Crippen LogP contribution in [0, 0.1) is 10.1 Å². The van der Waals surface area contributed by atoms with E-state index >= 15 is 0 Å². The summed E-state index contributed by atoms with van der Waals surface area (Å²) in [4.78, 5) is 20.8. The van der Waals surface area contributed by atoms with Gasteiger partial charge in [-0.15, -0.1) is 0 Å². The van der Waals surface area contributed by atoms with Gasteiger partial charge in [0.1, 0.15) is 0 Å². The molecule has 0 spiro atoms. The number of hydrogen-bond donors (Lipinski definition) is 0. The summed E-state index contributed by atoms with van der Waals surface area (Å²) in [6, 6.07) is 1.23. The van der Waals surface area contributed by atoms with Gasteiger partial charge in [0.05, 0.1) is 17.6 Å². The molecule has 1 aromatic heterocycles. The Morgan fingerprint density at radius 1 is 1.69 bits per heavy atom. The maximum Gasteiger partial charge on any atom is 0.328 e. The van der Waals surface area contributed by atoms with E-state index in [2.05, 4.69) is 0 Å². The zero-order valence-corrected chi connectivity index (χ0v) is 7.88. The highest BCUT2D eigenvalue weighted by molar-refractivity contribution is 7.17. The lowest BCUT2D eigenvalue weighted by molar-refractivity contribution is -0.380. The molecule has 5 nitrogen and oxygen atoms in total. The second-order valence-corrected chi connectivity index (χ2v) is 3.30. The Balaban J connectivity index is 3.19. The van der Waals surface area contributed by atoms with Crippen LogP contribution in [0.4, 0.5) is 5.00 Å². The minimum absolute atomic E-state index is 0.0814. The number of ether oxygens (including phenoxy) is 1. The molecule has 1 heterocycles. The molecule has 0 aliphatic carbocycles. The van der Waals surface area contributed by atoms with Gasteiger partial charge in [0.25, 0.3) is 0 Å². The SMILES string of the molecule is COc1sc([N+](=O)[O-])cc1C(C)=O. The summed E-state index contributed by atoms with van der Waals surface area (Å²) >= 11 is 0.854. The molecular formula is C7H7NO4S. The number of carbonyl (C=O) groups is 1. The zero-order valence-electron chi connectivity index (χ0n) is 7.07. The van der Waals surface area contributed by atoms with Crippen molar-refractivity contribution in [3.05, 3.63) is 21.7 Å². The van der Waals surface area contributed by atoms with Gasteiger partial charge in [0.15, 0.2) is 10.8 Å². The minimum Gasteiger partial charge on any atom is -0.486 e. The molecule has 0 saturated carbocycles. The fraction of sp³-hybridized carbons (Fsp3) is 0.286. The van der Waals surface area contributed by atoms with Gasteiger partial charge in [-0.1, -0.05) is 0 Å². The second kappa shape index (κ2) is 3.53. The van der Waals surface area contributed by atoms with Crippen molar-refractivity contribution < 1.29 is 14.5 Å². The number of hydrogen-bond acceptors (Lipinski definition) is 5. The van der Waals surface area contributed by atoms with E-state index in [1.165, 1.54) is 20.1 Å². The van der Waals surface area contributed by atoms with E-state index < -0.39 is 4.92 Å². The first-order valence-corrected chi connectivity index (χ1v) is 4.21. The van der Waals surface area contributed by atoms with Crippen LogP contribution in [0.5, 0.6) is 5.06 Å². The van der Waals surface area contributed by atoms with Crippen molar-refractivity contribution in [3.8, 4) is 5.06 Å². The van der Waals surface area contributed by atoms with Crippen LogP contribution in [0.2, 0.25) is 0 Å². The van der Waals surface area contributed by atoms with Crippen molar-refractivity contribution in [3.63, 3.8) is 0 Å². The van der Waals surface area contributed by atoms with Gasteiger partial charge in [-0.3, -0.25) is 14.9 Å². The summed E-state index contributed by atoms with van der Waals surface area (Å²) in [5.41, 5.74) is 0.263. The van der Waals surface area contributed by atoms with Crippen LogP contribution in [0.15, 0.2) is 6.07 Å². The molecule has 0 bridgehead atoms. The van der Waals surface area contributed by atoms with Crippen molar-refractivity contribution in [2.45, 2.75) is 6.92 Å². The van der Waals surface area contributed by atoms with Crippen LogP contribution in [0.25, 0.3) is 0 Å². The quantitative estimate of drug-likeness (QED) is 0.425. The molecule has 0 N–H and O–H groups in total. The van der Waals surface area contributed by atoms with Crippen molar-refractivity contribution >= 4 is 22.1 Å². The predicted octanol–water partition coefficient (Wildman–Crippen LogP) is 1.87. The third-order valence-corrected chi connectivity index (χ3v) is 2.48. The highest BCUT2D eigenvalue weighted by Crippen LogP contribution is 2.35. The Hall–Kier alpha value is -1.43. The van der Waals surface area contributed by atoms with Crippen LogP contribution in [-0.4, -0.2) is 17.8 Å². The van der Waals surface area contributed by atoms with Gasteiger partial charge in [0.2, 0.25) is 0 Å². The third kappa shape index (κ3) is 1.83. The molecule has 0 saturated heterocycles. The van der Waals surface area contributed by atoms with Crippen LogP contribution in [-0.2, 0) is 0 Å². The van der Waals surface area contributed by atoms with Gasteiger partial charge >= 0.3 is 5.00 Å². The number of nitrogens with zero attached hydrogens (tertiary/aromatic N) is 1. The number of carbonyl (C=O) groups excluding carboxylic acids is 1. The molecule has 0 unspecified atom stereocenters. The third-order valence-electron chi connectivity index (χ3n) is 1.43. The normalized spacial score (nSPS) is 9.69. The Morgan fingerprint density at radius 2 is 2.31 bits per heavy atom. The van der Waals surface area contributed by atoms with E-state index in [-0.39, 0.29) is 16.3 Å². The van der Waals surface area contributed by atoms with E-state index in [4.69, 9.17) is 4.74 Å². The van der Waals surface area contributed by atoms with E-state index in [9.17, 15) is 14.9 Å². The Bertz CT molecular complexity index is 357. The average Bonchev–Trinajstić information content (AvgIpc) is 2.47. The summed E-state index contributed by atoms with van der Waals surface area (Å²) in [5, 5.41) is 10.6. The average molecular weight is 201 g/mol. The number of nitro groups is 1. The number of ketones is 1. The van der Waals surface area contributed by atoms with E-state index in [0.717, 1.165) is 11.3 Å². The van der Waals surface area contributed by atoms with Crippen molar-refractivity contribution in [2.75, 3.05) is 7.11 Å². The number of thiophene rings is 1. The Kier molecular flexibility index (Phi) is 2.62. The first kappa shape index (κ1) is 9.66. The summed E-state index contributed by atoms with van der Waals surface area (Å²) in [6.07, 6.45) is 0. The van der Waals surface area contributed by atoms with Crippen LogP contribution < -0.4 is 4.74 Å². The molecule has 6 heteroatoms. The molecule has 1 aromatic rings. The largest absolute Gasteiger partial charge is 0.486 e. The first-order valence-electron chi connectivity index (χ1n) is 3.39. The molecule has 0 atom stereocenters. The maximum atomic E-state index is 11.0. The molecule has 0 fully saturated rings. The summed E-state index contributed by atoms with van der Waals surface area (Å²) in [6.45, 7) is 1.34. The Labute approximate surface area is 78.1 Å². The number of Topliss-reactive ketones (excluding diaryl/α,β-unsaturated/α-hetero) is 1. The van der Waals surface area contributed by atoms with Crippen LogP contribution in [0.1, 0.15) is 17.3 Å². The maximum absolute atomic E-state index is 11.0. The van der Waals surface area contributed by atoms with Gasteiger partial charge in [-0.2, -0.15) is 0 Å². The standard InChI is InChI=1S/C7H7NO4S/c1-4(9)5-3-6(8(10)11)13-7(5)12-2/h3H,1-2H3. The van der Waals surface area contributed by atoms with Crippen molar-refractivity contribution in [1.82, 2.24) is 0 Å². The molecule has 0 aliphatic heterocycles. The van der Waals surface area contributed by atoms with E-state index in [1.54, 1.807) is 0 Å². The molecular weight excluding hydrogens is 194 g/mol. The van der Waals surface area contributed by atoms with Crippen LogP contribution >= 0.6 is 11.3 Å². The molecule has 0 aromatic carbocycles. The lowest BCUT2D eigenvalue weighted by atomic mass is 10.2. The highest BCUT2D eigenvalue weighted by atomic mass is 32.1. The first-order chi connectivity index (χ1) is 6.06. The fourth-order valence-corrected chi connectivity index (χ4v) is 1.69. The topological polar surface area (TPSA) is 69.4 Å². The highest BCUT2D eigenvalue weighted by Gasteiger charge is 2.19. The Morgan fingerprint density at radius 3 is 2.62 bits per heavy atom. The molecule has 0 amide bonds. The van der Waals surface area contributed by atoms with E-state index in [0.29, 0.717) is 5.06 Å². The smallest absolute Gasteiger partial charge is 0.328 e. The minimum atomic E-state index is -0.542. The summed E-state index contributed by atoms with van der Waals surface area (Å²) in [7, 11) is 1.38. The molecule has 70 valence electrons.